The molecule has 1 amide bonds. The van der Waals surface area contributed by atoms with Gasteiger partial charge in [-0.05, 0) is 86.6 Å². The molecule has 9 heteroatoms. The molecule has 0 radical (unpaired) electrons. The molecule has 0 unspecified atom stereocenters. The van der Waals surface area contributed by atoms with Crippen LogP contribution in [0.5, 0.6) is 11.5 Å². The van der Waals surface area contributed by atoms with Gasteiger partial charge in [0.2, 0.25) is 0 Å². The van der Waals surface area contributed by atoms with Crippen LogP contribution < -0.4 is 19.5 Å². The number of sulfonamides is 1. The first kappa shape index (κ1) is 25.1. The van der Waals surface area contributed by atoms with Gasteiger partial charge in [-0.25, -0.2) is 8.42 Å². The van der Waals surface area contributed by atoms with Crippen molar-refractivity contribution < 1.29 is 27.4 Å². The molecule has 8 nitrogen and oxygen atoms in total. The van der Waals surface area contributed by atoms with Gasteiger partial charge in [0.25, 0.3) is 15.9 Å². The van der Waals surface area contributed by atoms with Crippen LogP contribution in [0, 0.1) is 0 Å². The van der Waals surface area contributed by atoms with E-state index in [2.05, 4.69) is 10.0 Å². The van der Waals surface area contributed by atoms with Crippen molar-refractivity contribution in [2.45, 2.75) is 18.7 Å². The van der Waals surface area contributed by atoms with Gasteiger partial charge in [-0.1, -0.05) is 0 Å². The molecule has 0 aliphatic rings. The van der Waals surface area contributed by atoms with Gasteiger partial charge >= 0.3 is 0 Å². The molecule has 34 heavy (non-hydrogen) atoms. The van der Waals surface area contributed by atoms with E-state index in [-0.39, 0.29) is 10.8 Å². The Balaban J connectivity index is 1.57. The Labute approximate surface area is 199 Å². The highest BCUT2D eigenvalue weighted by Gasteiger charge is 2.15. The van der Waals surface area contributed by atoms with E-state index >= 15 is 0 Å². The standard InChI is InChI=1S/C25H28N2O6S/c1-3-31-17-18-33-23-11-5-19(6-12-23)25(28)26-20-9-15-24(16-10-20)34(29,30)27-21-7-13-22(14-8-21)32-4-2/h5-16,27H,3-4,17-18H2,1-2H3,(H,26,28). The fraction of sp³-hybridized carbons (Fsp3) is 0.240. The second-order valence-electron chi connectivity index (χ2n) is 7.11. The maximum atomic E-state index is 12.7. The topological polar surface area (TPSA) is 103 Å². The Morgan fingerprint density at radius 3 is 1.94 bits per heavy atom. The first-order valence-electron chi connectivity index (χ1n) is 10.9. The Morgan fingerprint density at radius 1 is 0.735 bits per heavy atom. The highest BCUT2D eigenvalue weighted by atomic mass is 32.2. The van der Waals surface area contributed by atoms with E-state index < -0.39 is 10.0 Å². The van der Waals surface area contributed by atoms with Crippen molar-refractivity contribution in [3.63, 3.8) is 0 Å². The molecule has 3 rings (SSSR count). The highest BCUT2D eigenvalue weighted by molar-refractivity contribution is 7.92. The van der Waals surface area contributed by atoms with Crippen molar-refractivity contribution in [3.8, 4) is 11.5 Å². The molecule has 2 N–H and O–H groups in total. The summed E-state index contributed by atoms with van der Waals surface area (Å²) in [4.78, 5) is 12.6. The van der Waals surface area contributed by atoms with Crippen LogP contribution in [0.3, 0.4) is 0 Å². The highest BCUT2D eigenvalue weighted by Crippen LogP contribution is 2.21. The van der Waals surface area contributed by atoms with Crippen LogP contribution in [0.4, 0.5) is 11.4 Å². The number of hydrogen-bond donors (Lipinski definition) is 2. The Morgan fingerprint density at radius 2 is 1.32 bits per heavy atom. The third kappa shape index (κ3) is 7.23. The summed E-state index contributed by atoms with van der Waals surface area (Å²) in [5.41, 5.74) is 1.35. The summed E-state index contributed by atoms with van der Waals surface area (Å²) in [7, 11) is -3.78. The molecule has 0 fully saturated rings. The fourth-order valence-electron chi connectivity index (χ4n) is 2.99. The van der Waals surface area contributed by atoms with Crippen LogP contribution in [0.25, 0.3) is 0 Å². The van der Waals surface area contributed by atoms with Crippen molar-refractivity contribution in [1.29, 1.82) is 0 Å². The smallest absolute Gasteiger partial charge is 0.261 e. The number of carbonyl (C=O) groups excluding carboxylic acids is 1. The third-order valence-corrected chi connectivity index (χ3v) is 6.05. The first-order chi connectivity index (χ1) is 16.4. The molecular formula is C25H28N2O6S. The lowest BCUT2D eigenvalue weighted by atomic mass is 10.2. The number of anilines is 2. The minimum atomic E-state index is -3.78. The van der Waals surface area contributed by atoms with Crippen molar-refractivity contribution in [3.05, 3.63) is 78.4 Å². The Hall–Kier alpha value is -3.56. The Bertz CT molecular complexity index is 1160. The van der Waals surface area contributed by atoms with E-state index in [1.807, 2.05) is 13.8 Å². The van der Waals surface area contributed by atoms with Gasteiger partial charge in [0.15, 0.2) is 0 Å². The molecule has 0 aliphatic heterocycles. The quantitative estimate of drug-likeness (QED) is 0.366. The van der Waals surface area contributed by atoms with E-state index in [9.17, 15) is 13.2 Å². The molecular weight excluding hydrogens is 456 g/mol. The molecule has 0 aromatic heterocycles. The summed E-state index contributed by atoms with van der Waals surface area (Å²) in [5, 5.41) is 2.76. The number of hydrogen-bond acceptors (Lipinski definition) is 6. The van der Waals surface area contributed by atoms with Gasteiger partial charge in [0.05, 0.1) is 18.1 Å². The molecule has 0 bridgehead atoms. The minimum absolute atomic E-state index is 0.0768. The summed E-state index contributed by atoms with van der Waals surface area (Å²) in [6.07, 6.45) is 0. The molecule has 0 spiro atoms. The largest absolute Gasteiger partial charge is 0.494 e. The third-order valence-electron chi connectivity index (χ3n) is 4.66. The maximum absolute atomic E-state index is 12.7. The SMILES string of the molecule is CCOCCOc1ccc(C(=O)Nc2ccc(S(=O)(=O)Nc3ccc(OCC)cc3)cc2)cc1. The molecule has 3 aromatic carbocycles. The van der Waals surface area contributed by atoms with Crippen molar-refractivity contribution >= 4 is 27.3 Å². The monoisotopic (exact) mass is 484 g/mol. The van der Waals surface area contributed by atoms with E-state index in [0.717, 1.165) is 0 Å². The van der Waals surface area contributed by atoms with Gasteiger partial charge in [-0.2, -0.15) is 0 Å². The number of carbonyl (C=O) groups is 1. The van der Waals surface area contributed by atoms with Crippen molar-refractivity contribution in [1.82, 2.24) is 0 Å². The molecule has 3 aromatic rings. The predicted molar refractivity (Wildman–Crippen MR) is 131 cm³/mol. The summed E-state index contributed by atoms with van der Waals surface area (Å²) >= 11 is 0. The number of benzene rings is 3. The lowest BCUT2D eigenvalue weighted by molar-refractivity contribution is 0.102. The summed E-state index contributed by atoms with van der Waals surface area (Å²) in [6.45, 7) is 5.89. The molecule has 0 saturated carbocycles. The van der Waals surface area contributed by atoms with E-state index in [4.69, 9.17) is 14.2 Å². The first-order valence-corrected chi connectivity index (χ1v) is 12.4. The lowest BCUT2D eigenvalue weighted by Gasteiger charge is -2.11. The molecule has 0 saturated heterocycles. The van der Waals surface area contributed by atoms with Crippen molar-refractivity contribution in [2.75, 3.05) is 36.5 Å². The van der Waals surface area contributed by atoms with Gasteiger partial charge < -0.3 is 19.5 Å². The van der Waals surface area contributed by atoms with E-state index in [1.165, 1.54) is 24.3 Å². The van der Waals surface area contributed by atoms with Crippen LogP contribution in [0.2, 0.25) is 0 Å². The van der Waals surface area contributed by atoms with Crippen LogP contribution in [-0.2, 0) is 14.8 Å². The number of amides is 1. The molecule has 0 heterocycles. The summed E-state index contributed by atoms with van der Waals surface area (Å²) in [6, 6.07) is 19.3. The van der Waals surface area contributed by atoms with Gasteiger partial charge in [-0.3, -0.25) is 9.52 Å². The molecule has 0 atom stereocenters. The maximum Gasteiger partial charge on any atom is 0.261 e. The van der Waals surface area contributed by atoms with Gasteiger partial charge in [0, 0.05) is 23.5 Å². The van der Waals surface area contributed by atoms with Crippen molar-refractivity contribution in [2.24, 2.45) is 0 Å². The van der Waals surface area contributed by atoms with E-state index in [0.29, 0.717) is 54.9 Å². The number of rotatable bonds is 12. The molecule has 180 valence electrons. The predicted octanol–water partition coefficient (Wildman–Crippen LogP) is 4.55. The summed E-state index contributed by atoms with van der Waals surface area (Å²) in [5.74, 6) is 0.990. The lowest BCUT2D eigenvalue weighted by Crippen LogP contribution is -2.14. The second kappa shape index (κ2) is 12.1. The average Bonchev–Trinajstić information content (AvgIpc) is 2.84. The molecule has 0 aliphatic carbocycles. The van der Waals surface area contributed by atoms with Crippen LogP contribution in [0.1, 0.15) is 24.2 Å². The zero-order valence-corrected chi connectivity index (χ0v) is 19.9. The van der Waals surface area contributed by atoms with Crippen LogP contribution in [0.15, 0.2) is 77.7 Å². The van der Waals surface area contributed by atoms with E-state index in [1.54, 1.807) is 48.5 Å². The van der Waals surface area contributed by atoms with Gasteiger partial charge in [0.1, 0.15) is 18.1 Å². The Kier molecular flexibility index (Phi) is 8.89. The average molecular weight is 485 g/mol. The fourth-order valence-corrected chi connectivity index (χ4v) is 4.04. The summed E-state index contributed by atoms with van der Waals surface area (Å²) < 4.78 is 44.0. The number of ether oxygens (including phenoxy) is 3. The van der Waals surface area contributed by atoms with Crippen LogP contribution in [-0.4, -0.2) is 40.8 Å². The second-order valence-corrected chi connectivity index (χ2v) is 8.79. The van der Waals surface area contributed by atoms with Gasteiger partial charge in [-0.15, -0.1) is 0 Å². The van der Waals surface area contributed by atoms with Crippen LogP contribution >= 0.6 is 0 Å². The normalized spacial score (nSPS) is 11.0. The number of nitrogens with one attached hydrogen (secondary N) is 2. The zero-order chi connectivity index (χ0) is 24.4. The minimum Gasteiger partial charge on any atom is -0.494 e. The zero-order valence-electron chi connectivity index (χ0n) is 19.1.